The van der Waals surface area contributed by atoms with E-state index in [2.05, 4.69) is 0 Å². The highest BCUT2D eigenvalue weighted by Crippen LogP contribution is 2.25. The summed E-state index contributed by atoms with van der Waals surface area (Å²) < 4.78 is 49.6. The third-order valence-corrected chi connectivity index (χ3v) is 2.08. The zero-order valence-electron chi connectivity index (χ0n) is 8.55. The van der Waals surface area contributed by atoms with Crippen molar-refractivity contribution < 1.29 is 22.7 Å². The number of aliphatic hydroxyl groups is 1. The molecule has 0 radical (unpaired) electrons. The number of alkyl halides is 3. The topological polar surface area (TPSA) is 23.5 Å². The largest absolute Gasteiger partial charge is 0.405 e. The van der Waals surface area contributed by atoms with Gasteiger partial charge in [-0.15, -0.1) is 0 Å². The van der Waals surface area contributed by atoms with Crippen LogP contribution in [0.5, 0.6) is 0 Å². The number of nitrogens with zero attached hydrogens (tertiary/aromatic N) is 1. The average Bonchev–Trinajstić information content (AvgIpc) is 2.14. The summed E-state index contributed by atoms with van der Waals surface area (Å²) in [5.74, 6) is -0.714. The van der Waals surface area contributed by atoms with Crippen LogP contribution < -0.4 is 4.90 Å². The standard InChI is InChI=1S/C10H11F4NO/c1-15(6-10(12,13)14)9-4-2-3-8(11)7(9)5-16/h2-4,16H,5-6H2,1H3. The Kier molecular flexibility index (Phi) is 3.74. The van der Waals surface area contributed by atoms with E-state index in [9.17, 15) is 17.6 Å². The predicted octanol–water partition coefficient (Wildman–Crippen LogP) is 2.32. The molecule has 16 heavy (non-hydrogen) atoms. The molecule has 0 unspecified atom stereocenters. The van der Waals surface area contributed by atoms with Gasteiger partial charge in [0, 0.05) is 18.3 Å². The lowest BCUT2D eigenvalue weighted by Gasteiger charge is -2.23. The molecule has 0 spiro atoms. The van der Waals surface area contributed by atoms with Crippen molar-refractivity contribution in [2.75, 3.05) is 18.5 Å². The van der Waals surface area contributed by atoms with E-state index in [-0.39, 0.29) is 11.3 Å². The second-order valence-electron chi connectivity index (χ2n) is 3.37. The molecule has 0 aliphatic carbocycles. The number of rotatable bonds is 3. The van der Waals surface area contributed by atoms with Gasteiger partial charge in [-0.2, -0.15) is 13.2 Å². The minimum atomic E-state index is -4.37. The molecule has 0 aliphatic heterocycles. The van der Waals surface area contributed by atoms with Crippen LogP contribution in [0.3, 0.4) is 0 Å². The molecule has 90 valence electrons. The molecule has 0 aliphatic rings. The molecule has 6 heteroatoms. The number of hydrogen-bond donors (Lipinski definition) is 1. The van der Waals surface area contributed by atoms with E-state index in [4.69, 9.17) is 5.11 Å². The second-order valence-corrected chi connectivity index (χ2v) is 3.37. The highest BCUT2D eigenvalue weighted by molar-refractivity contribution is 5.53. The Bertz CT molecular complexity index is 364. The summed E-state index contributed by atoms with van der Waals surface area (Å²) in [6, 6.07) is 3.73. The maximum Gasteiger partial charge on any atom is 0.405 e. The molecular formula is C10H11F4NO. The van der Waals surface area contributed by atoms with Crippen molar-refractivity contribution >= 4 is 5.69 Å². The Morgan fingerprint density at radius 1 is 1.31 bits per heavy atom. The van der Waals surface area contributed by atoms with E-state index >= 15 is 0 Å². The van der Waals surface area contributed by atoms with Crippen LogP contribution in [-0.4, -0.2) is 24.9 Å². The Labute approximate surface area is 90.1 Å². The number of halogens is 4. The molecule has 1 N–H and O–H groups in total. The van der Waals surface area contributed by atoms with E-state index < -0.39 is 25.1 Å². The fraction of sp³-hybridized carbons (Fsp3) is 0.400. The molecule has 0 fully saturated rings. The van der Waals surface area contributed by atoms with Gasteiger partial charge < -0.3 is 10.0 Å². The molecule has 0 heterocycles. The quantitative estimate of drug-likeness (QED) is 0.815. The van der Waals surface area contributed by atoms with Gasteiger partial charge in [-0.05, 0) is 12.1 Å². The lowest BCUT2D eigenvalue weighted by molar-refractivity contribution is -0.119. The molecule has 0 atom stereocenters. The van der Waals surface area contributed by atoms with E-state index in [1.165, 1.54) is 19.2 Å². The number of benzene rings is 1. The smallest absolute Gasteiger partial charge is 0.391 e. The molecule has 0 saturated carbocycles. The number of anilines is 1. The third-order valence-electron chi connectivity index (χ3n) is 2.08. The van der Waals surface area contributed by atoms with Crippen LogP contribution in [-0.2, 0) is 6.61 Å². The van der Waals surface area contributed by atoms with Crippen molar-refractivity contribution in [3.63, 3.8) is 0 Å². The van der Waals surface area contributed by atoms with Crippen molar-refractivity contribution in [2.45, 2.75) is 12.8 Å². The highest BCUT2D eigenvalue weighted by atomic mass is 19.4. The lowest BCUT2D eigenvalue weighted by Crippen LogP contribution is -2.31. The maximum absolute atomic E-state index is 13.2. The normalized spacial score (nSPS) is 11.6. The highest BCUT2D eigenvalue weighted by Gasteiger charge is 2.30. The summed E-state index contributed by atoms with van der Waals surface area (Å²) in [4.78, 5) is 0.856. The lowest BCUT2D eigenvalue weighted by atomic mass is 10.1. The van der Waals surface area contributed by atoms with Gasteiger partial charge in [-0.1, -0.05) is 6.07 Å². The van der Waals surface area contributed by atoms with Gasteiger partial charge in [0.2, 0.25) is 0 Å². The Hall–Kier alpha value is -1.30. The fourth-order valence-corrected chi connectivity index (χ4v) is 1.42. The van der Waals surface area contributed by atoms with Crippen LogP contribution >= 0.6 is 0 Å². The van der Waals surface area contributed by atoms with Crippen molar-refractivity contribution in [3.8, 4) is 0 Å². The first-order valence-electron chi connectivity index (χ1n) is 4.51. The minimum Gasteiger partial charge on any atom is -0.391 e. The minimum absolute atomic E-state index is 0.0415. The van der Waals surface area contributed by atoms with Crippen molar-refractivity contribution in [3.05, 3.63) is 29.6 Å². The number of aliphatic hydroxyl groups excluding tert-OH is 1. The van der Waals surface area contributed by atoms with Gasteiger partial charge in [-0.25, -0.2) is 4.39 Å². The van der Waals surface area contributed by atoms with Crippen LogP contribution in [0.2, 0.25) is 0 Å². The van der Waals surface area contributed by atoms with Crippen LogP contribution in [0.1, 0.15) is 5.56 Å². The maximum atomic E-state index is 13.2. The Morgan fingerprint density at radius 2 is 1.94 bits per heavy atom. The first-order valence-corrected chi connectivity index (χ1v) is 4.51. The van der Waals surface area contributed by atoms with Gasteiger partial charge >= 0.3 is 6.18 Å². The molecule has 2 nitrogen and oxygen atoms in total. The van der Waals surface area contributed by atoms with Crippen LogP contribution in [0, 0.1) is 5.82 Å². The molecular weight excluding hydrogens is 226 g/mol. The summed E-state index contributed by atoms with van der Waals surface area (Å²) in [5.41, 5.74) is -0.0888. The van der Waals surface area contributed by atoms with E-state index in [0.717, 1.165) is 11.0 Å². The third kappa shape index (κ3) is 3.10. The number of hydrogen-bond acceptors (Lipinski definition) is 2. The summed E-state index contributed by atoms with van der Waals surface area (Å²) in [5, 5.41) is 8.90. The Morgan fingerprint density at radius 3 is 2.44 bits per heavy atom. The second kappa shape index (κ2) is 4.69. The average molecular weight is 237 g/mol. The summed E-state index contributed by atoms with van der Waals surface area (Å²) in [6.07, 6.45) is -4.37. The van der Waals surface area contributed by atoms with Gasteiger partial charge in [-0.3, -0.25) is 0 Å². The monoisotopic (exact) mass is 237 g/mol. The molecule has 1 aromatic carbocycles. The van der Waals surface area contributed by atoms with Crippen molar-refractivity contribution in [2.24, 2.45) is 0 Å². The summed E-state index contributed by atoms with van der Waals surface area (Å²) >= 11 is 0. The SMILES string of the molecule is CN(CC(F)(F)F)c1cccc(F)c1CO. The van der Waals surface area contributed by atoms with Crippen LogP contribution in [0.15, 0.2) is 18.2 Å². The predicted molar refractivity (Wildman–Crippen MR) is 51.6 cm³/mol. The van der Waals surface area contributed by atoms with Gasteiger partial charge in [0.15, 0.2) is 0 Å². The molecule has 0 bridgehead atoms. The van der Waals surface area contributed by atoms with Crippen molar-refractivity contribution in [1.82, 2.24) is 0 Å². The summed E-state index contributed by atoms with van der Waals surface area (Å²) in [7, 11) is 1.20. The van der Waals surface area contributed by atoms with Crippen LogP contribution in [0.4, 0.5) is 23.2 Å². The van der Waals surface area contributed by atoms with Gasteiger partial charge in [0.25, 0.3) is 0 Å². The molecule has 1 aromatic rings. The van der Waals surface area contributed by atoms with Crippen molar-refractivity contribution in [1.29, 1.82) is 0 Å². The van der Waals surface area contributed by atoms with E-state index in [1.807, 2.05) is 0 Å². The molecule has 0 amide bonds. The molecule has 1 rings (SSSR count). The first kappa shape index (κ1) is 12.8. The zero-order valence-corrected chi connectivity index (χ0v) is 8.55. The van der Waals surface area contributed by atoms with Crippen LogP contribution in [0.25, 0.3) is 0 Å². The van der Waals surface area contributed by atoms with E-state index in [0.29, 0.717) is 0 Å². The first-order chi connectivity index (χ1) is 7.35. The molecule has 0 aromatic heterocycles. The zero-order chi connectivity index (χ0) is 12.3. The Balaban J connectivity index is 2.99. The van der Waals surface area contributed by atoms with E-state index in [1.54, 1.807) is 0 Å². The van der Waals surface area contributed by atoms with Gasteiger partial charge in [0.1, 0.15) is 12.4 Å². The fourth-order valence-electron chi connectivity index (χ4n) is 1.42. The summed E-state index contributed by atoms with van der Waals surface area (Å²) in [6.45, 7) is -1.83. The molecule has 0 saturated heterocycles. The van der Waals surface area contributed by atoms with Gasteiger partial charge in [0.05, 0.1) is 6.61 Å².